The second-order valence-electron chi connectivity index (χ2n) is 5.40. The van der Waals surface area contributed by atoms with E-state index in [1.54, 1.807) is 33.5 Å². The molecule has 3 aromatic rings. The molecule has 0 radical (unpaired) electrons. The summed E-state index contributed by atoms with van der Waals surface area (Å²) in [7, 11) is 4.68. The van der Waals surface area contributed by atoms with Crippen molar-refractivity contribution in [2.75, 3.05) is 26.6 Å². The SMILES string of the molecule is CCc1nn2c(=O)cc(CNc3cc(OC)c(OC)c(OC)c3)nc2s1. The Morgan fingerprint density at radius 3 is 2.38 bits per heavy atom. The van der Waals surface area contributed by atoms with Crippen molar-refractivity contribution in [3.05, 3.63) is 39.3 Å². The number of methoxy groups -OCH3 is 3. The highest BCUT2D eigenvalue weighted by Crippen LogP contribution is 2.39. The van der Waals surface area contributed by atoms with Crippen molar-refractivity contribution in [2.45, 2.75) is 19.9 Å². The van der Waals surface area contributed by atoms with Crippen molar-refractivity contribution in [2.24, 2.45) is 0 Å². The quantitative estimate of drug-likeness (QED) is 0.677. The number of rotatable bonds is 7. The van der Waals surface area contributed by atoms with Gasteiger partial charge in [-0.05, 0) is 6.42 Å². The molecule has 0 aliphatic heterocycles. The molecule has 0 aliphatic rings. The lowest BCUT2D eigenvalue weighted by Crippen LogP contribution is -2.16. The lowest BCUT2D eigenvalue weighted by molar-refractivity contribution is 0.324. The minimum absolute atomic E-state index is 0.187. The molecular formula is C17H20N4O4S. The molecule has 0 spiro atoms. The van der Waals surface area contributed by atoms with E-state index in [4.69, 9.17) is 14.2 Å². The van der Waals surface area contributed by atoms with Gasteiger partial charge >= 0.3 is 0 Å². The number of benzene rings is 1. The van der Waals surface area contributed by atoms with Crippen LogP contribution < -0.4 is 25.1 Å². The molecule has 2 heterocycles. The summed E-state index contributed by atoms with van der Waals surface area (Å²) in [5.41, 5.74) is 1.21. The third-order valence-electron chi connectivity index (χ3n) is 3.78. The highest BCUT2D eigenvalue weighted by atomic mass is 32.1. The van der Waals surface area contributed by atoms with E-state index in [-0.39, 0.29) is 5.56 Å². The molecule has 1 aromatic carbocycles. The zero-order valence-corrected chi connectivity index (χ0v) is 15.8. The molecule has 0 fully saturated rings. The van der Waals surface area contributed by atoms with Gasteiger partial charge in [-0.25, -0.2) is 4.98 Å². The number of ether oxygens (including phenoxy) is 3. The van der Waals surface area contributed by atoms with Crippen molar-refractivity contribution >= 4 is 22.0 Å². The molecule has 26 heavy (non-hydrogen) atoms. The Kier molecular flexibility index (Phi) is 5.27. The Bertz CT molecular complexity index is 958. The first-order valence-corrected chi connectivity index (χ1v) is 8.83. The predicted molar refractivity (Wildman–Crippen MR) is 99.9 cm³/mol. The van der Waals surface area contributed by atoms with Gasteiger partial charge in [0.25, 0.3) is 5.56 Å². The van der Waals surface area contributed by atoms with E-state index >= 15 is 0 Å². The van der Waals surface area contributed by atoms with E-state index in [1.807, 2.05) is 6.92 Å². The maximum atomic E-state index is 12.2. The summed E-state index contributed by atoms with van der Waals surface area (Å²) in [4.78, 5) is 17.3. The van der Waals surface area contributed by atoms with E-state index in [0.717, 1.165) is 17.1 Å². The highest BCUT2D eigenvalue weighted by Gasteiger charge is 2.13. The van der Waals surface area contributed by atoms with Crippen LogP contribution in [0.15, 0.2) is 23.0 Å². The van der Waals surface area contributed by atoms with E-state index in [1.165, 1.54) is 21.9 Å². The Labute approximate surface area is 154 Å². The van der Waals surface area contributed by atoms with Crippen molar-refractivity contribution in [3.8, 4) is 17.2 Å². The number of nitrogens with one attached hydrogen (secondary N) is 1. The van der Waals surface area contributed by atoms with Gasteiger partial charge < -0.3 is 19.5 Å². The van der Waals surface area contributed by atoms with Gasteiger partial charge in [0.2, 0.25) is 10.7 Å². The van der Waals surface area contributed by atoms with Crippen LogP contribution in [-0.4, -0.2) is 35.9 Å². The van der Waals surface area contributed by atoms with Crippen LogP contribution in [0.25, 0.3) is 4.96 Å². The molecular weight excluding hydrogens is 356 g/mol. The lowest BCUT2D eigenvalue weighted by Gasteiger charge is -2.15. The lowest BCUT2D eigenvalue weighted by atomic mass is 10.2. The zero-order chi connectivity index (χ0) is 18.7. The Morgan fingerprint density at radius 1 is 1.12 bits per heavy atom. The normalized spacial score (nSPS) is 10.8. The molecule has 0 saturated heterocycles. The molecule has 0 atom stereocenters. The highest BCUT2D eigenvalue weighted by molar-refractivity contribution is 7.16. The number of aromatic nitrogens is 3. The van der Waals surface area contributed by atoms with Crippen LogP contribution in [0, 0.1) is 0 Å². The van der Waals surface area contributed by atoms with E-state index in [9.17, 15) is 4.79 Å². The fraction of sp³-hybridized carbons (Fsp3) is 0.353. The smallest absolute Gasteiger partial charge is 0.275 e. The molecule has 0 aliphatic carbocycles. The maximum Gasteiger partial charge on any atom is 0.275 e. The Hall–Kier alpha value is -2.81. The monoisotopic (exact) mass is 376 g/mol. The van der Waals surface area contributed by atoms with Gasteiger partial charge in [-0.1, -0.05) is 18.3 Å². The van der Waals surface area contributed by atoms with Gasteiger partial charge in [0.1, 0.15) is 5.01 Å². The summed E-state index contributed by atoms with van der Waals surface area (Å²) < 4.78 is 17.3. The summed E-state index contributed by atoms with van der Waals surface area (Å²) in [5, 5.41) is 8.36. The molecule has 0 saturated carbocycles. The third kappa shape index (κ3) is 3.43. The van der Waals surface area contributed by atoms with Gasteiger partial charge in [0, 0.05) is 23.9 Å². The molecule has 8 nitrogen and oxygen atoms in total. The molecule has 2 aromatic heterocycles. The molecule has 138 valence electrons. The standard InChI is InChI=1S/C17H20N4O4S/c1-5-14-20-21-15(22)8-11(19-17(21)26-14)9-18-10-6-12(23-2)16(25-4)13(7-10)24-3/h6-8,18H,5,9H2,1-4H3. The first kappa shape index (κ1) is 18.0. The molecule has 9 heteroatoms. The third-order valence-corrected chi connectivity index (χ3v) is 4.83. The van der Waals surface area contributed by atoms with Crippen LogP contribution in [0.3, 0.4) is 0 Å². The average molecular weight is 376 g/mol. The fourth-order valence-electron chi connectivity index (χ4n) is 2.51. The molecule has 0 unspecified atom stereocenters. The number of hydrogen-bond acceptors (Lipinski definition) is 8. The van der Waals surface area contributed by atoms with Crippen molar-refractivity contribution in [1.29, 1.82) is 0 Å². The van der Waals surface area contributed by atoms with Crippen molar-refractivity contribution < 1.29 is 14.2 Å². The van der Waals surface area contributed by atoms with Gasteiger partial charge in [0.15, 0.2) is 11.5 Å². The number of hydrogen-bond donors (Lipinski definition) is 1. The van der Waals surface area contributed by atoms with Gasteiger partial charge in [-0.15, -0.1) is 0 Å². The van der Waals surface area contributed by atoms with Gasteiger partial charge in [-0.2, -0.15) is 9.61 Å². The average Bonchev–Trinajstić information content (AvgIpc) is 3.09. The van der Waals surface area contributed by atoms with Crippen LogP contribution >= 0.6 is 11.3 Å². The van der Waals surface area contributed by atoms with Crippen LogP contribution in [0.4, 0.5) is 5.69 Å². The van der Waals surface area contributed by atoms with Gasteiger partial charge in [-0.3, -0.25) is 4.79 Å². The topological polar surface area (TPSA) is 87.0 Å². The molecule has 3 rings (SSSR count). The number of fused-ring (bicyclic) bond motifs is 1. The van der Waals surface area contributed by atoms with Crippen LogP contribution in [0.2, 0.25) is 0 Å². The summed E-state index contributed by atoms with van der Waals surface area (Å²) in [6.07, 6.45) is 0.770. The number of nitrogens with zero attached hydrogens (tertiary/aromatic N) is 3. The zero-order valence-electron chi connectivity index (χ0n) is 15.0. The minimum Gasteiger partial charge on any atom is -0.493 e. The molecule has 0 amide bonds. The van der Waals surface area contributed by atoms with E-state index in [0.29, 0.717) is 34.4 Å². The molecule has 0 bridgehead atoms. The fourth-order valence-corrected chi connectivity index (χ4v) is 3.36. The van der Waals surface area contributed by atoms with Crippen LogP contribution in [0.5, 0.6) is 17.2 Å². The predicted octanol–water partition coefficient (Wildman–Crippen LogP) is 2.35. The summed E-state index contributed by atoms with van der Waals surface area (Å²) >= 11 is 1.42. The number of anilines is 1. The molecule has 1 N–H and O–H groups in total. The van der Waals surface area contributed by atoms with Crippen molar-refractivity contribution in [3.63, 3.8) is 0 Å². The Morgan fingerprint density at radius 2 is 1.81 bits per heavy atom. The summed E-state index contributed by atoms with van der Waals surface area (Å²) in [6, 6.07) is 5.08. The second-order valence-corrected chi connectivity index (χ2v) is 6.44. The first-order chi connectivity index (χ1) is 12.6. The van der Waals surface area contributed by atoms with Crippen LogP contribution in [0.1, 0.15) is 17.6 Å². The van der Waals surface area contributed by atoms with E-state index in [2.05, 4.69) is 15.4 Å². The van der Waals surface area contributed by atoms with E-state index < -0.39 is 0 Å². The van der Waals surface area contributed by atoms with Gasteiger partial charge in [0.05, 0.1) is 33.6 Å². The number of aryl methyl sites for hydroxylation is 1. The summed E-state index contributed by atoms with van der Waals surface area (Å²) in [5.74, 6) is 1.62. The Balaban J connectivity index is 1.87. The largest absolute Gasteiger partial charge is 0.493 e. The van der Waals surface area contributed by atoms with Crippen LogP contribution in [-0.2, 0) is 13.0 Å². The second kappa shape index (κ2) is 7.61. The first-order valence-electron chi connectivity index (χ1n) is 8.02. The van der Waals surface area contributed by atoms with Crippen molar-refractivity contribution in [1.82, 2.24) is 14.6 Å². The maximum absolute atomic E-state index is 12.2. The summed E-state index contributed by atoms with van der Waals surface area (Å²) in [6.45, 7) is 2.37. The minimum atomic E-state index is -0.187.